The fourth-order valence-electron chi connectivity index (χ4n) is 1.88. The minimum Gasteiger partial charge on any atom is -0.235 e. The van der Waals surface area contributed by atoms with E-state index in [0.29, 0.717) is 15.3 Å². The number of thiazole rings is 1. The second kappa shape index (κ2) is 5.55. The molecular formula is C15H7F3N2S2. The van der Waals surface area contributed by atoms with Gasteiger partial charge in [0.15, 0.2) is 0 Å². The van der Waals surface area contributed by atoms with Crippen molar-refractivity contribution in [1.29, 1.82) is 5.26 Å². The first-order chi connectivity index (χ1) is 10.5. The summed E-state index contributed by atoms with van der Waals surface area (Å²) in [6.45, 7) is 0. The predicted octanol–water partition coefficient (Wildman–Crippen LogP) is 5.44. The molecule has 2 nitrogen and oxygen atoms in total. The van der Waals surface area contributed by atoms with Gasteiger partial charge in [-0.1, -0.05) is 6.07 Å². The van der Waals surface area contributed by atoms with E-state index in [1.807, 2.05) is 17.5 Å². The lowest BCUT2D eigenvalue weighted by Gasteiger charge is -2.04. The molecule has 0 bridgehead atoms. The molecule has 110 valence electrons. The molecule has 0 saturated carbocycles. The van der Waals surface area contributed by atoms with E-state index in [4.69, 9.17) is 0 Å². The van der Waals surface area contributed by atoms with E-state index >= 15 is 0 Å². The van der Waals surface area contributed by atoms with E-state index in [-0.39, 0.29) is 5.52 Å². The summed E-state index contributed by atoms with van der Waals surface area (Å²) in [4.78, 5) is 5.07. The van der Waals surface area contributed by atoms with Gasteiger partial charge in [0.2, 0.25) is 0 Å². The van der Waals surface area contributed by atoms with Gasteiger partial charge < -0.3 is 0 Å². The van der Waals surface area contributed by atoms with Crippen LogP contribution >= 0.6 is 22.7 Å². The van der Waals surface area contributed by atoms with Gasteiger partial charge in [-0.15, -0.1) is 22.7 Å². The van der Waals surface area contributed by atoms with E-state index in [0.717, 1.165) is 17.0 Å². The van der Waals surface area contributed by atoms with E-state index < -0.39 is 11.7 Å². The van der Waals surface area contributed by atoms with Crippen LogP contribution in [-0.4, -0.2) is 4.98 Å². The predicted molar refractivity (Wildman–Crippen MR) is 82.4 cm³/mol. The summed E-state index contributed by atoms with van der Waals surface area (Å²) >= 11 is 2.68. The van der Waals surface area contributed by atoms with Gasteiger partial charge in [0.25, 0.3) is 0 Å². The first-order valence-corrected chi connectivity index (χ1v) is 7.80. The molecule has 2 heterocycles. The third kappa shape index (κ3) is 2.89. The van der Waals surface area contributed by atoms with Crippen molar-refractivity contribution in [3.63, 3.8) is 0 Å². The van der Waals surface area contributed by atoms with Crippen LogP contribution in [0.3, 0.4) is 0 Å². The number of allylic oxidation sites excluding steroid dienone is 1. The molecular weight excluding hydrogens is 329 g/mol. The van der Waals surface area contributed by atoms with E-state index in [1.54, 1.807) is 6.08 Å². The summed E-state index contributed by atoms with van der Waals surface area (Å²) in [5.41, 5.74) is -0.142. The number of alkyl halides is 3. The Morgan fingerprint density at radius 3 is 2.73 bits per heavy atom. The van der Waals surface area contributed by atoms with Crippen molar-refractivity contribution in [2.24, 2.45) is 0 Å². The number of nitrogens with zero attached hydrogens (tertiary/aromatic N) is 2. The lowest BCUT2D eigenvalue weighted by molar-refractivity contribution is -0.137. The molecule has 7 heteroatoms. The first kappa shape index (κ1) is 14.8. The van der Waals surface area contributed by atoms with Gasteiger partial charge in [0, 0.05) is 4.88 Å². The SMILES string of the molecule is N#C/C(=C\c1cccs1)c1nc2cc(C(F)(F)F)ccc2s1. The number of nitriles is 1. The molecule has 0 spiro atoms. The standard InChI is InChI=1S/C15H7F3N2S2/c16-15(17,18)10-3-4-13-12(7-10)20-14(22-13)9(8-19)6-11-2-1-5-21-11/h1-7H/b9-6+. The largest absolute Gasteiger partial charge is 0.416 e. The molecule has 2 aromatic heterocycles. The Bertz CT molecular complexity index is 884. The molecule has 3 aromatic rings. The van der Waals surface area contributed by atoms with Crippen LogP contribution in [0.5, 0.6) is 0 Å². The van der Waals surface area contributed by atoms with E-state index in [1.165, 1.54) is 28.7 Å². The Kier molecular flexibility index (Phi) is 3.72. The van der Waals surface area contributed by atoms with Gasteiger partial charge in [-0.05, 0) is 35.7 Å². The molecule has 22 heavy (non-hydrogen) atoms. The molecule has 0 saturated heterocycles. The van der Waals surface area contributed by atoms with Crippen molar-refractivity contribution >= 4 is 44.5 Å². The molecule has 1 aromatic carbocycles. The molecule has 0 N–H and O–H groups in total. The highest BCUT2D eigenvalue weighted by Crippen LogP contribution is 2.34. The molecule has 0 aliphatic heterocycles. The summed E-state index contributed by atoms with van der Waals surface area (Å²) in [6, 6.07) is 9.20. The highest BCUT2D eigenvalue weighted by molar-refractivity contribution is 7.19. The van der Waals surface area contributed by atoms with Crippen molar-refractivity contribution in [2.45, 2.75) is 6.18 Å². The van der Waals surface area contributed by atoms with Crippen molar-refractivity contribution in [2.75, 3.05) is 0 Å². The van der Waals surface area contributed by atoms with Crippen LogP contribution in [0.25, 0.3) is 21.9 Å². The summed E-state index contributed by atoms with van der Waals surface area (Å²) in [5, 5.41) is 11.6. The smallest absolute Gasteiger partial charge is 0.235 e. The van der Waals surface area contributed by atoms with Gasteiger partial charge >= 0.3 is 6.18 Å². The molecule has 0 aliphatic carbocycles. The Balaban J connectivity index is 2.07. The lowest BCUT2D eigenvalue weighted by atomic mass is 10.2. The van der Waals surface area contributed by atoms with Gasteiger partial charge in [-0.3, -0.25) is 0 Å². The van der Waals surface area contributed by atoms with Crippen LogP contribution < -0.4 is 0 Å². The third-order valence-corrected chi connectivity index (χ3v) is 4.78. The average Bonchev–Trinajstić information content (AvgIpc) is 3.11. The number of hydrogen-bond acceptors (Lipinski definition) is 4. The van der Waals surface area contributed by atoms with Crippen molar-refractivity contribution < 1.29 is 13.2 Å². The van der Waals surface area contributed by atoms with Crippen molar-refractivity contribution in [3.8, 4) is 6.07 Å². The normalized spacial score (nSPS) is 12.5. The molecule has 3 rings (SSSR count). The van der Waals surface area contributed by atoms with Gasteiger partial charge in [0.05, 0.1) is 21.4 Å². The average molecular weight is 336 g/mol. The maximum Gasteiger partial charge on any atom is 0.416 e. The van der Waals surface area contributed by atoms with Gasteiger partial charge in [-0.2, -0.15) is 18.4 Å². The maximum atomic E-state index is 12.7. The minimum absolute atomic E-state index is 0.252. The van der Waals surface area contributed by atoms with Crippen LogP contribution in [0.2, 0.25) is 0 Å². The zero-order chi connectivity index (χ0) is 15.7. The van der Waals surface area contributed by atoms with Crippen LogP contribution in [0.15, 0.2) is 35.7 Å². The number of thiophene rings is 1. The maximum absolute atomic E-state index is 12.7. The van der Waals surface area contributed by atoms with Crippen LogP contribution in [0.4, 0.5) is 13.2 Å². The van der Waals surface area contributed by atoms with Gasteiger partial charge in [-0.25, -0.2) is 4.98 Å². The van der Waals surface area contributed by atoms with Crippen LogP contribution in [0.1, 0.15) is 15.4 Å². The van der Waals surface area contributed by atoms with E-state index in [9.17, 15) is 18.4 Å². The summed E-state index contributed by atoms with van der Waals surface area (Å²) in [6.07, 6.45) is -2.71. The van der Waals surface area contributed by atoms with Gasteiger partial charge in [0.1, 0.15) is 11.1 Å². The molecule has 0 amide bonds. The number of aromatic nitrogens is 1. The van der Waals surface area contributed by atoms with Crippen LogP contribution in [-0.2, 0) is 6.18 Å². The first-order valence-electron chi connectivity index (χ1n) is 6.11. The van der Waals surface area contributed by atoms with Crippen LogP contribution in [0, 0.1) is 11.3 Å². The quantitative estimate of drug-likeness (QED) is 0.584. The summed E-state index contributed by atoms with van der Waals surface area (Å²) < 4.78 is 38.8. The Morgan fingerprint density at radius 2 is 2.09 bits per heavy atom. The zero-order valence-corrected chi connectivity index (χ0v) is 12.5. The highest BCUT2D eigenvalue weighted by atomic mass is 32.1. The monoisotopic (exact) mass is 336 g/mol. The number of rotatable bonds is 2. The topological polar surface area (TPSA) is 36.7 Å². The number of benzene rings is 1. The third-order valence-electron chi connectivity index (χ3n) is 2.90. The fraction of sp³-hybridized carbons (Fsp3) is 0.0667. The second-order valence-corrected chi connectivity index (χ2v) is 6.39. The number of fused-ring (bicyclic) bond motifs is 1. The molecule has 0 unspecified atom stereocenters. The van der Waals surface area contributed by atoms with Crippen molar-refractivity contribution in [3.05, 3.63) is 51.2 Å². The molecule has 0 atom stereocenters. The Labute approximate surface area is 131 Å². The number of halogens is 3. The molecule has 0 radical (unpaired) electrons. The Hall–Kier alpha value is -2.17. The second-order valence-electron chi connectivity index (χ2n) is 4.38. The van der Waals surface area contributed by atoms with Crippen molar-refractivity contribution in [1.82, 2.24) is 4.98 Å². The summed E-state index contributed by atoms with van der Waals surface area (Å²) in [5.74, 6) is 0. The fourth-order valence-corrected chi connectivity index (χ4v) is 3.45. The van der Waals surface area contributed by atoms with E-state index in [2.05, 4.69) is 11.1 Å². The number of hydrogen-bond donors (Lipinski definition) is 0. The Morgan fingerprint density at radius 1 is 1.27 bits per heavy atom. The summed E-state index contributed by atoms with van der Waals surface area (Å²) in [7, 11) is 0. The highest BCUT2D eigenvalue weighted by Gasteiger charge is 2.30. The molecule has 0 fully saturated rings. The molecule has 0 aliphatic rings. The lowest BCUT2D eigenvalue weighted by Crippen LogP contribution is -2.03. The minimum atomic E-state index is -4.40. The zero-order valence-electron chi connectivity index (χ0n) is 10.9.